The fourth-order valence-corrected chi connectivity index (χ4v) is 1.26. The van der Waals surface area contributed by atoms with Crippen LogP contribution in [0, 0.1) is 11.7 Å². The molecule has 1 fully saturated rings. The number of anilines is 1. The number of ether oxygens (including phenoxy) is 1. The van der Waals surface area contributed by atoms with Gasteiger partial charge in [-0.3, -0.25) is 0 Å². The Kier molecular flexibility index (Phi) is 3.54. The number of hydrogen-bond acceptors (Lipinski definition) is 4. The second kappa shape index (κ2) is 5.09. The third-order valence-corrected chi connectivity index (χ3v) is 2.40. The summed E-state index contributed by atoms with van der Waals surface area (Å²) in [6.45, 7) is 3.37. The Morgan fingerprint density at radius 2 is 2.38 bits per heavy atom. The fraction of sp³-hybridized carbons (Fsp3) is 0.636. The monoisotopic (exact) mass is 225 g/mol. The lowest BCUT2D eigenvalue weighted by Crippen LogP contribution is -2.08. The Hall–Kier alpha value is -1.39. The zero-order valence-corrected chi connectivity index (χ0v) is 9.37. The van der Waals surface area contributed by atoms with Crippen LogP contribution in [0.1, 0.15) is 26.2 Å². The maximum Gasteiger partial charge on any atom is 0.255 e. The van der Waals surface area contributed by atoms with E-state index in [2.05, 4.69) is 15.3 Å². The Bertz CT molecular complexity index is 355. The average Bonchev–Trinajstić information content (AvgIpc) is 3.10. The van der Waals surface area contributed by atoms with Gasteiger partial charge in [-0.15, -0.1) is 0 Å². The molecule has 0 spiro atoms. The minimum atomic E-state index is -0.498. The summed E-state index contributed by atoms with van der Waals surface area (Å²) in [7, 11) is 0. The molecule has 88 valence electrons. The predicted molar refractivity (Wildman–Crippen MR) is 59.0 cm³/mol. The zero-order chi connectivity index (χ0) is 11.4. The summed E-state index contributed by atoms with van der Waals surface area (Å²) in [5, 5.41) is 3.00. The van der Waals surface area contributed by atoms with Gasteiger partial charge in [0.25, 0.3) is 5.88 Å². The van der Waals surface area contributed by atoms with E-state index in [0.717, 1.165) is 19.2 Å². The van der Waals surface area contributed by atoms with Crippen LogP contribution in [-0.4, -0.2) is 23.1 Å². The zero-order valence-electron chi connectivity index (χ0n) is 9.37. The molecule has 0 atom stereocenters. The molecule has 16 heavy (non-hydrogen) atoms. The highest BCUT2D eigenvalue weighted by Gasteiger charge is 2.23. The van der Waals surface area contributed by atoms with Crippen LogP contribution in [0.2, 0.25) is 0 Å². The lowest BCUT2D eigenvalue weighted by Gasteiger charge is -2.07. The van der Waals surface area contributed by atoms with Crippen LogP contribution in [0.5, 0.6) is 5.88 Å². The summed E-state index contributed by atoms with van der Waals surface area (Å²) >= 11 is 0. The molecule has 1 aliphatic rings. The van der Waals surface area contributed by atoms with Crippen LogP contribution >= 0.6 is 0 Å². The van der Waals surface area contributed by atoms with Gasteiger partial charge >= 0.3 is 0 Å². The summed E-state index contributed by atoms with van der Waals surface area (Å²) in [4.78, 5) is 7.83. The largest absolute Gasteiger partial charge is 0.475 e. The van der Waals surface area contributed by atoms with E-state index in [0.29, 0.717) is 18.5 Å². The first-order valence-corrected chi connectivity index (χ1v) is 5.68. The summed E-state index contributed by atoms with van der Waals surface area (Å²) in [6, 6.07) is 0. The van der Waals surface area contributed by atoms with Crippen LogP contribution in [0.4, 0.5) is 10.3 Å². The Morgan fingerprint density at radius 3 is 3.06 bits per heavy atom. The van der Waals surface area contributed by atoms with Crippen molar-refractivity contribution in [3.63, 3.8) is 0 Å². The van der Waals surface area contributed by atoms with E-state index < -0.39 is 5.82 Å². The van der Waals surface area contributed by atoms with Crippen LogP contribution < -0.4 is 10.1 Å². The standard InChI is InChI=1S/C11H16FN3O/c1-2-5-13-11-14-6-9(12)10(15-11)16-7-8-3-4-8/h6,8H,2-5,7H2,1H3,(H,13,14,15). The van der Waals surface area contributed by atoms with Crippen molar-refractivity contribution >= 4 is 5.95 Å². The van der Waals surface area contributed by atoms with Crippen molar-refractivity contribution in [3.05, 3.63) is 12.0 Å². The van der Waals surface area contributed by atoms with Crippen LogP contribution in [-0.2, 0) is 0 Å². The predicted octanol–water partition coefficient (Wildman–Crippen LogP) is 2.23. The molecule has 1 aromatic rings. The molecule has 1 aromatic heterocycles. The quantitative estimate of drug-likeness (QED) is 0.806. The maximum atomic E-state index is 13.3. The highest BCUT2D eigenvalue weighted by molar-refractivity contribution is 5.28. The fourth-order valence-electron chi connectivity index (χ4n) is 1.26. The van der Waals surface area contributed by atoms with Crippen LogP contribution in [0.15, 0.2) is 6.20 Å². The Morgan fingerprint density at radius 1 is 1.56 bits per heavy atom. The van der Waals surface area contributed by atoms with E-state index in [-0.39, 0.29) is 5.88 Å². The lowest BCUT2D eigenvalue weighted by molar-refractivity contribution is 0.272. The first-order chi connectivity index (χ1) is 7.79. The number of rotatable bonds is 6. The van der Waals surface area contributed by atoms with Gasteiger partial charge in [0.2, 0.25) is 11.8 Å². The molecular weight excluding hydrogens is 209 g/mol. The smallest absolute Gasteiger partial charge is 0.255 e. The number of halogens is 1. The molecule has 1 N–H and O–H groups in total. The molecular formula is C11H16FN3O. The molecule has 1 saturated carbocycles. The van der Waals surface area contributed by atoms with Gasteiger partial charge in [-0.2, -0.15) is 9.37 Å². The molecule has 1 aliphatic carbocycles. The lowest BCUT2D eigenvalue weighted by atomic mass is 10.5. The topological polar surface area (TPSA) is 47.0 Å². The number of nitrogens with zero attached hydrogens (tertiary/aromatic N) is 2. The van der Waals surface area contributed by atoms with E-state index in [1.54, 1.807) is 0 Å². The third kappa shape index (κ3) is 3.05. The SMILES string of the molecule is CCCNc1ncc(F)c(OCC2CC2)n1. The second-order valence-corrected chi connectivity index (χ2v) is 4.03. The van der Waals surface area contributed by atoms with Gasteiger partial charge in [0.05, 0.1) is 12.8 Å². The van der Waals surface area contributed by atoms with Crippen molar-refractivity contribution in [2.45, 2.75) is 26.2 Å². The van der Waals surface area contributed by atoms with Gasteiger partial charge in [0.15, 0.2) is 0 Å². The van der Waals surface area contributed by atoms with E-state index in [9.17, 15) is 4.39 Å². The van der Waals surface area contributed by atoms with Gasteiger partial charge < -0.3 is 10.1 Å². The average molecular weight is 225 g/mol. The summed E-state index contributed by atoms with van der Waals surface area (Å²) < 4.78 is 18.6. The van der Waals surface area contributed by atoms with Gasteiger partial charge in [-0.05, 0) is 25.2 Å². The van der Waals surface area contributed by atoms with Crippen molar-refractivity contribution in [3.8, 4) is 5.88 Å². The molecule has 0 bridgehead atoms. The summed E-state index contributed by atoms with van der Waals surface area (Å²) in [6.07, 6.45) is 4.47. The Labute approximate surface area is 94.2 Å². The maximum absolute atomic E-state index is 13.3. The molecule has 0 unspecified atom stereocenters. The first-order valence-electron chi connectivity index (χ1n) is 5.68. The van der Waals surface area contributed by atoms with Crippen LogP contribution in [0.25, 0.3) is 0 Å². The molecule has 1 heterocycles. The van der Waals surface area contributed by atoms with Crippen molar-refractivity contribution in [2.75, 3.05) is 18.5 Å². The molecule has 0 amide bonds. The molecule has 2 rings (SSSR count). The Balaban J connectivity index is 1.96. The van der Waals surface area contributed by atoms with E-state index in [1.165, 1.54) is 12.8 Å². The number of aromatic nitrogens is 2. The molecule has 4 nitrogen and oxygen atoms in total. The molecule has 0 saturated heterocycles. The van der Waals surface area contributed by atoms with Crippen molar-refractivity contribution in [1.82, 2.24) is 9.97 Å². The third-order valence-electron chi connectivity index (χ3n) is 2.40. The van der Waals surface area contributed by atoms with Crippen molar-refractivity contribution in [2.24, 2.45) is 5.92 Å². The van der Waals surface area contributed by atoms with Crippen molar-refractivity contribution < 1.29 is 9.13 Å². The van der Waals surface area contributed by atoms with Crippen LogP contribution in [0.3, 0.4) is 0 Å². The molecule has 0 radical (unpaired) electrons. The number of nitrogens with one attached hydrogen (secondary N) is 1. The molecule has 0 aliphatic heterocycles. The van der Waals surface area contributed by atoms with Gasteiger partial charge in [-0.25, -0.2) is 4.98 Å². The minimum Gasteiger partial charge on any atom is -0.475 e. The van der Waals surface area contributed by atoms with E-state index >= 15 is 0 Å². The second-order valence-electron chi connectivity index (χ2n) is 4.03. The van der Waals surface area contributed by atoms with E-state index in [1.807, 2.05) is 6.92 Å². The highest BCUT2D eigenvalue weighted by atomic mass is 19.1. The van der Waals surface area contributed by atoms with Gasteiger partial charge in [0, 0.05) is 6.54 Å². The number of hydrogen-bond donors (Lipinski definition) is 1. The van der Waals surface area contributed by atoms with Gasteiger partial charge in [0.1, 0.15) is 0 Å². The first kappa shape index (κ1) is 11.1. The minimum absolute atomic E-state index is 0.0560. The molecule has 5 heteroatoms. The van der Waals surface area contributed by atoms with Gasteiger partial charge in [-0.1, -0.05) is 6.92 Å². The summed E-state index contributed by atoms with van der Waals surface area (Å²) in [5.41, 5.74) is 0. The molecule has 0 aromatic carbocycles. The highest BCUT2D eigenvalue weighted by Crippen LogP contribution is 2.29. The summed E-state index contributed by atoms with van der Waals surface area (Å²) in [5.74, 6) is 0.568. The normalized spacial score (nSPS) is 14.9. The van der Waals surface area contributed by atoms with E-state index in [4.69, 9.17) is 4.74 Å². The van der Waals surface area contributed by atoms with Crippen molar-refractivity contribution in [1.29, 1.82) is 0 Å².